The van der Waals surface area contributed by atoms with Crippen molar-refractivity contribution in [2.24, 2.45) is 0 Å². The fourth-order valence-corrected chi connectivity index (χ4v) is 4.95. The van der Waals surface area contributed by atoms with Crippen LogP contribution in [-0.2, 0) is 21.4 Å². The average molecular weight is 420 g/mol. The fraction of sp³-hybridized carbons (Fsp3) is 0.263. The van der Waals surface area contributed by atoms with Crippen molar-refractivity contribution in [3.8, 4) is 5.75 Å². The van der Waals surface area contributed by atoms with Crippen LogP contribution in [0.25, 0.3) is 10.9 Å². The quantitative estimate of drug-likeness (QED) is 0.520. The molecule has 2 N–H and O–H groups in total. The van der Waals surface area contributed by atoms with Crippen molar-refractivity contribution in [3.63, 3.8) is 0 Å². The third-order valence-electron chi connectivity index (χ3n) is 3.88. The molecule has 0 aliphatic heterocycles. The summed E-state index contributed by atoms with van der Waals surface area (Å²) in [7, 11) is -3.57. The number of carbonyl (C=O) groups excluding carboxylic acids is 1. The van der Waals surface area contributed by atoms with Gasteiger partial charge in [-0.05, 0) is 30.7 Å². The van der Waals surface area contributed by atoms with Crippen LogP contribution in [0.4, 0.5) is 0 Å². The van der Waals surface area contributed by atoms with E-state index in [1.165, 1.54) is 6.92 Å². The molecule has 148 valence electrons. The molecule has 28 heavy (non-hydrogen) atoms. The molecule has 1 aromatic carbocycles. The van der Waals surface area contributed by atoms with Crippen LogP contribution in [0.5, 0.6) is 5.75 Å². The highest BCUT2D eigenvalue weighted by Crippen LogP contribution is 2.23. The zero-order valence-electron chi connectivity index (χ0n) is 15.3. The molecule has 3 aromatic rings. The van der Waals surface area contributed by atoms with Gasteiger partial charge in [0.05, 0.1) is 13.2 Å². The van der Waals surface area contributed by atoms with Crippen LogP contribution in [0.2, 0.25) is 0 Å². The predicted molar refractivity (Wildman–Crippen MR) is 109 cm³/mol. The fourth-order valence-electron chi connectivity index (χ4n) is 2.53. The minimum absolute atomic E-state index is 0.155. The maximum absolute atomic E-state index is 12.4. The van der Waals surface area contributed by atoms with Crippen molar-refractivity contribution < 1.29 is 17.9 Å². The van der Waals surface area contributed by atoms with Crippen LogP contribution in [0.15, 0.2) is 52.9 Å². The van der Waals surface area contributed by atoms with Gasteiger partial charge in [-0.1, -0.05) is 18.2 Å². The van der Waals surface area contributed by atoms with Crippen molar-refractivity contribution in [1.82, 2.24) is 15.0 Å². The first-order valence-electron chi connectivity index (χ1n) is 8.75. The van der Waals surface area contributed by atoms with E-state index in [9.17, 15) is 13.2 Å². The Morgan fingerprint density at radius 2 is 2.00 bits per heavy atom. The summed E-state index contributed by atoms with van der Waals surface area (Å²) in [6, 6.07) is 12.8. The van der Waals surface area contributed by atoms with E-state index >= 15 is 0 Å². The first kappa shape index (κ1) is 20.2. The van der Waals surface area contributed by atoms with Gasteiger partial charge in [0.1, 0.15) is 15.5 Å². The number of pyridine rings is 1. The smallest absolute Gasteiger partial charge is 0.250 e. The highest BCUT2D eigenvalue weighted by Gasteiger charge is 2.16. The van der Waals surface area contributed by atoms with E-state index in [4.69, 9.17) is 4.74 Å². The average Bonchev–Trinajstić information content (AvgIpc) is 3.16. The molecule has 0 aliphatic carbocycles. The summed E-state index contributed by atoms with van der Waals surface area (Å²) in [5.74, 6) is 0.527. The van der Waals surface area contributed by atoms with Crippen LogP contribution < -0.4 is 14.8 Å². The summed E-state index contributed by atoms with van der Waals surface area (Å²) < 4.78 is 33.3. The number of fused-ring (bicyclic) bond motifs is 1. The predicted octanol–water partition coefficient (Wildman–Crippen LogP) is 2.68. The summed E-state index contributed by atoms with van der Waals surface area (Å²) in [5.41, 5.74) is 0.788. The molecule has 7 nitrogen and oxygen atoms in total. The second-order valence-electron chi connectivity index (χ2n) is 6.06. The Balaban J connectivity index is 1.48. The number of rotatable bonds is 9. The highest BCUT2D eigenvalue weighted by molar-refractivity contribution is 7.91. The van der Waals surface area contributed by atoms with E-state index in [0.29, 0.717) is 25.3 Å². The van der Waals surface area contributed by atoms with Gasteiger partial charge in [0.25, 0.3) is 0 Å². The van der Waals surface area contributed by atoms with Gasteiger partial charge in [-0.3, -0.25) is 9.78 Å². The van der Waals surface area contributed by atoms with E-state index in [-0.39, 0.29) is 16.7 Å². The number of para-hydroxylation sites is 1. The molecular formula is C19H21N3O4S2. The summed E-state index contributed by atoms with van der Waals surface area (Å²) in [6.07, 6.45) is 2.23. The topological polar surface area (TPSA) is 97.4 Å². The number of nitrogens with one attached hydrogen (secondary N) is 2. The Hall–Kier alpha value is -2.49. The number of sulfonamides is 1. The molecule has 0 aliphatic rings. The maximum Gasteiger partial charge on any atom is 0.250 e. The van der Waals surface area contributed by atoms with E-state index in [0.717, 1.165) is 27.1 Å². The van der Waals surface area contributed by atoms with Gasteiger partial charge in [0.15, 0.2) is 0 Å². The van der Waals surface area contributed by atoms with Crippen molar-refractivity contribution in [1.29, 1.82) is 0 Å². The number of hydrogen-bond donors (Lipinski definition) is 2. The van der Waals surface area contributed by atoms with Crippen LogP contribution in [0.1, 0.15) is 18.2 Å². The van der Waals surface area contributed by atoms with Gasteiger partial charge in [0, 0.05) is 29.9 Å². The molecule has 2 heterocycles. The molecule has 0 atom stereocenters. The summed E-state index contributed by atoms with van der Waals surface area (Å²) in [6.45, 7) is 2.38. The monoisotopic (exact) mass is 419 g/mol. The lowest BCUT2D eigenvalue weighted by atomic mass is 10.2. The van der Waals surface area contributed by atoms with Gasteiger partial charge in [-0.2, -0.15) is 0 Å². The third kappa shape index (κ3) is 5.28. The molecule has 1 amide bonds. The largest absolute Gasteiger partial charge is 0.491 e. The number of hydrogen-bond acceptors (Lipinski definition) is 6. The number of carbonyl (C=O) groups is 1. The zero-order chi connectivity index (χ0) is 20.0. The molecule has 3 rings (SSSR count). The van der Waals surface area contributed by atoms with Crippen molar-refractivity contribution in [2.45, 2.75) is 24.1 Å². The lowest BCUT2D eigenvalue weighted by molar-refractivity contribution is -0.119. The van der Waals surface area contributed by atoms with Gasteiger partial charge >= 0.3 is 0 Å². The highest BCUT2D eigenvalue weighted by atomic mass is 32.2. The van der Waals surface area contributed by atoms with Crippen LogP contribution in [0.3, 0.4) is 0 Å². The molecule has 0 radical (unpaired) electrons. The summed E-state index contributed by atoms with van der Waals surface area (Å²) in [4.78, 5) is 16.1. The van der Waals surface area contributed by atoms with Gasteiger partial charge in [-0.25, -0.2) is 13.1 Å². The van der Waals surface area contributed by atoms with Crippen LogP contribution in [-0.4, -0.2) is 32.5 Å². The normalized spacial score (nSPS) is 11.5. The first-order chi connectivity index (χ1) is 13.5. The number of nitrogens with zero attached hydrogens (tertiary/aromatic N) is 1. The zero-order valence-corrected chi connectivity index (χ0v) is 17.0. The Bertz CT molecular complexity index is 1060. The maximum atomic E-state index is 12.4. The second kappa shape index (κ2) is 9.13. The lowest BCUT2D eigenvalue weighted by Gasteiger charge is -2.09. The Morgan fingerprint density at radius 3 is 2.82 bits per heavy atom. The van der Waals surface area contributed by atoms with E-state index in [1.807, 2.05) is 30.3 Å². The van der Waals surface area contributed by atoms with Crippen LogP contribution in [0, 0.1) is 0 Å². The molecule has 0 spiro atoms. The van der Waals surface area contributed by atoms with Crippen molar-refractivity contribution >= 4 is 38.2 Å². The van der Waals surface area contributed by atoms with Gasteiger partial charge in [0.2, 0.25) is 15.9 Å². The third-order valence-corrected chi connectivity index (χ3v) is 6.92. The minimum Gasteiger partial charge on any atom is -0.491 e. The van der Waals surface area contributed by atoms with Crippen molar-refractivity contribution in [2.75, 3.05) is 13.2 Å². The van der Waals surface area contributed by atoms with E-state index in [2.05, 4.69) is 15.0 Å². The Morgan fingerprint density at radius 1 is 1.18 bits per heavy atom. The van der Waals surface area contributed by atoms with Gasteiger partial charge < -0.3 is 10.1 Å². The van der Waals surface area contributed by atoms with E-state index in [1.54, 1.807) is 18.3 Å². The number of amides is 1. The number of ether oxygens (including phenoxy) is 1. The first-order valence-corrected chi connectivity index (χ1v) is 11.0. The number of aromatic nitrogens is 1. The molecule has 0 saturated heterocycles. The summed E-state index contributed by atoms with van der Waals surface area (Å²) in [5, 5.41) is 3.64. The van der Waals surface area contributed by atoms with E-state index < -0.39 is 10.0 Å². The molecule has 0 unspecified atom stereocenters. The summed E-state index contributed by atoms with van der Waals surface area (Å²) >= 11 is 1.14. The lowest BCUT2D eigenvalue weighted by Crippen LogP contribution is -2.25. The Kier molecular flexibility index (Phi) is 6.61. The molecule has 0 fully saturated rings. The van der Waals surface area contributed by atoms with Gasteiger partial charge in [-0.15, -0.1) is 11.3 Å². The number of thiophene rings is 1. The molecule has 0 saturated carbocycles. The minimum atomic E-state index is -3.57. The van der Waals surface area contributed by atoms with Crippen molar-refractivity contribution in [3.05, 3.63) is 53.5 Å². The SMILES string of the molecule is CC(=O)NCc1ccc(S(=O)(=O)NCCCOc2cccc3cccnc23)s1. The molecular weight excluding hydrogens is 398 g/mol. The standard InChI is InChI=1S/C19H21N3O4S2/c1-14(23)21-13-16-8-9-18(27-16)28(24,25)22-11-4-12-26-17-7-2-5-15-6-3-10-20-19(15)17/h2-3,5-10,22H,4,11-13H2,1H3,(H,21,23). The molecule has 0 bridgehead atoms. The van der Waals surface area contributed by atoms with Crippen LogP contribution >= 0.6 is 11.3 Å². The number of benzene rings is 1. The Labute approximate surface area is 167 Å². The molecule has 9 heteroatoms. The second-order valence-corrected chi connectivity index (χ2v) is 9.22. The molecule has 2 aromatic heterocycles.